The van der Waals surface area contributed by atoms with E-state index < -0.39 is 10.0 Å². The molecule has 2 aromatic carbocycles. The van der Waals surface area contributed by atoms with Crippen LogP contribution < -0.4 is 14.8 Å². The second-order valence-corrected chi connectivity index (χ2v) is 8.59. The Morgan fingerprint density at radius 3 is 2.34 bits per heavy atom. The summed E-state index contributed by atoms with van der Waals surface area (Å²) < 4.78 is 32.9. The average Bonchev–Trinajstić information content (AvgIpc) is 3.22. The van der Waals surface area contributed by atoms with Crippen molar-refractivity contribution >= 4 is 44.7 Å². The van der Waals surface area contributed by atoms with Crippen LogP contribution in [0.25, 0.3) is 6.08 Å². The minimum absolute atomic E-state index is 0.0958. The van der Waals surface area contributed by atoms with Crippen LogP contribution in [-0.4, -0.2) is 20.9 Å². The molecule has 0 radical (unpaired) electrons. The van der Waals surface area contributed by atoms with Gasteiger partial charge in [-0.25, -0.2) is 8.42 Å². The number of thiophene rings is 1. The molecule has 0 aliphatic rings. The molecule has 0 aliphatic heterocycles. The van der Waals surface area contributed by atoms with Gasteiger partial charge in [-0.2, -0.15) is 0 Å². The molecule has 0 aliphatic carbocycles. The van der Waals surface area contributed by atoms with Gasteiger partial charge in [-0.1, -0.05) is 6.07 Å². The minimum atomic E-state index is -3.74. The summed E-state index contributed by atoms with van der Waals surface area (Å²) in [6.07, 6.45) is 3.16. The summed E-state index contributed by atoms with van der Waals surface area (Å²) in [4.78, 5) is 13.0. The topological polar surface area (TPSA) is 84.5 Å². The van der Waals surface area contributed by atoms with Crippen molar-refractivity contribution in [2.75, 3.05) is 16.6 Å². The summed E-state index contributed by atoms with van der Waals surface area (Å²) in [5, 5.41) is 4.63. The monoisotopic (exact) mass is 428 g/mol. The number of amides is 1. The van der Waals surface area contributed by atoms with Crippen LogP contribution in [0.3, 0.4) is 0 Å². The van der Waals surface area contributed by atoms with E-state index in [0.717, 1.165) is 4.88 Å². The Hall–Kier alpha value is -3.10. The number of ether oxygens (including phenoxy) is 1. The van der Waals surface area contributed by atoms with Crippen LogP contribution in [-0.2, 0) is 14.8 Å². The molecule has 29 heavy (non-hydrogen) atoms. The largest absolute Gasteiger partial charge is 0.494 e. The van der Waals surface area contributed by atoms with Crippen molar-refractivity contribution in [3.8, 4) is 5.75 Å². The first-order valence-corrected chi connectivity index (χ1v) is 11.2. The Morgan fingerprint density at radius 2 is 1.72 bits per heavy atom. The van der Waals surface area contributed by atoms with E-state index in [1.165, 1.54) is 29.5 Å². The number of benzene rings is 2. The molecule has 0 saturated heterocycles. The fourth-order valence-electron chi connectivity index (χ4n) is 2.45. The predicted molar refractivity (Wildman–Crippen MR) is 117 cm³/mol. The zero-order valence-corrected chi connectivity index (χ0v) is 17.3. The lowest BCUT2D eigenvalue weighted by Crippen LogP contribution is -2.13. The van der Waals surface area contributed by atoms with Crippen LogP contribution >= 0.6 is 11.3 Å². The van der Waals surface area contributed by atoms with Gasteiger partial charge in [0.25, 0.3) is 10.0 Å². The molecule has 3 aromatic rings. The number of carbonyl (C=O) groups is 1. The van der Waals surface area contributed by atoms with E-state index in [1.807, 2.05) is 24.4 Å². The maximum absolute atomic E-state index is 12.5. The fourth-order valence-corrected chi connectivity index (χ4v) is 4.12. The molecular formula is C21H20N2O4S2. The second kappa shape index (κ2) is 9.40. The molecule has 0 saturated carbocycles. The van der Waals surface area contributed by atoms with Crippen LogP contribution in [0.15, 0.2) is 77.0 Å². The van der Waals surface area contributed by atoms with E-state index in [1.54, 1.807) is 42.5 Å². The quantitative estimate of drug-likeness (QED) is 0.514. The van der Waals surface area contributed by atoms with Crippen molar-refractivity contribution in [3.05, 3.63) is 77.0 Å². The van der Waals surface area contributed by atoms with Gasteiger partial charge < -0.3 is 10.1 Å². The summed E-state index contributed by atoms with van der Waals surface area (Å²) in [7, 11) is -3.74. The van der Waals surface area contributed by atoms with Gasteiger partial charge in [-0.15, -0.1) is 11.3 Å². The molecule has 1 aromatic heterocycles. The van der Waals surface area contributed by atoms with Crippen molar-refractivity contribution in [1.29, 1.82) is 0 Å². The van der Waals surface area contributed by atoms with Crippen LogP contribution in [0.5, 0.6) is 5.75 Å². The number of nitrogens with one attached hydrogen (secondary N) is 2. The molecule has 8 heteroatoms. The Kier molecular flexibility index (Phi) is 6.69. The average molecular weight is 429 g/mol. The molecule has 0 unspecified atom stereocenters. The van der Waals surface area contributed by atoms with Gasteiger partial charge in [0.2, 0.25) is 5.91 Å². The summed E-state index contributed by atoms with van der Waals surface area (Å²) >= 11 is 1.53. The third-order valence-corrected chi connectivity index (χ3v) is 6.03. The van der Waals surface area contributed by atoms with Crippen LogP contribution in [0, 0.1) is 0 Å². The Bertz CT molecular complexity index is 1070. The number of rotatable bonds is 8. The molecule has 1 amide bonds. The fraction of sp³-hybridized carbons (Fsp3) is 0.0952. The van der Waals surface area contributed by atoms with Crippen LogP contribution in [0.4, 0.5) is 11.4 Å². The normalized spacial score (nSPS) is 11.3. The first-order chi connectivity index (χ1) is 14.0. The first kappa shape index (κ1) is 20.6. The molecule has 0 atom stereocenters. The summed E-state index contributed by atoms with van der Waals surface area (Å²) in [5.41, 5.74) is 0.940. The third-order valence-electron chi connectivity index (χ3n) is 3.79. The molecule has 150 valence electrons. The zero-order chi connectivity index (χ0) is 20.7. The van der Waals surface area contributed by atoms with Crippen LogP contribution in [0.2, 0.25) is 0 Å². The molecule has 2 N–H and O–H groups in total. The highest BCUT2D eigenvalue weighted by Gasteiger charge is 2.14. The number of hydrogen-bond acceptors (Lipinski definition) is 5. The molecular weight excluding hydrogens is 408 g/mol. The van der Waals surface area contributed by atoms with Gasteiger partial charge in [-0.05, 0) is 73.0 Å². The van der Waals surface area contributed by atoms with Gasteiger partial charge in [0.15, 0.2) is 0 Å². The predicted octanol–water partition coefficient (Wildman–Crippen LogP) is 4.60. The first-order valence-electron chi connectivity index (χ1n) is 8.84. The van der Waals surface area contributed by atoms with E-state index in [9.17, 15) is 13.2 Å². The van der Waals surface area contributed by atoms with Crippen LogP contribution in [0.1, 0.15) is 11.8 Å². The highest BCUT2D eigenvalue weighted by molar-refractivity contribution is 7.92. The van der Waals surface area contributed by atoms with Crippen molar-refractivity contribution in [3.63, 3.8) is 0 Å². The SMILES string of the molecule is CCOc1ccc(NS(=O)(=O)c2ccc(NC(=O)/C=C/c3cccs3)cc2)cc1. The standard InChI is InChI=1S/C21H20N2O4S2/c1-2-27-18-9-5-17(6-10-18)23-29(25,26)20-12-7-16(8-13-20)22-21(24)14-11-19-4-3-15-28-19/h3-15,23H,2H2,1H3,(H,22,24)/b14-11+. The Balaban J connectivity index is 1.62. The van der Waals surface area contributed by atoms with Gasteiger partial charge in [-0.3, -0.25) is 9.52 Å². The van der Waals surface area contributed by atoms with Crippen molar-refractivity contribution in [2.24, 2.45) is 0 Å². The summed E-state index contributed by atoms with van der Waals surface area (Å²) in [6.45, 7) is 2.42. The lowest BCUT2D eigenvalue weighted by Gasteiger charge is -2.10. The smallest absolute Gasteiger partial charge is 0.261 e. The van der Waals surface area contributed by atoms with E-state index in [0.29, 0.717) is 23.7 Å². The third kappa shape index (κ3) is 5.94. The Labute approximate surface area is 173 Å². The number of carbonyl (C=O) groups excluding carboxylic acids is 1. The lowest BCUT2D eigenvalue weighted by atomic mass is 10.3. The van der Waals surface area contributed by atoms with Gasteiger partial charge in [0.1, 0.15) is 5.75 Å². The zero-order valence-electron chi connectivity index (χ0n) is 15.7. The highest BCUT2D eigenvalue weighted by atomic mass is 32.2. The molecule has 0 spiro atoms. The van der Waals surface area contributed by atoms with E-state index in [2.05, 4.69) is 10.0 Å². The molecule has 0 bridgehead atoms. The number of sulfonamides is 1. The number of hydrogen-bond donors (Lipinski definition) is 2. The van der Waals surface area contributed by atoms with Crippen molar-refractivity contribution in [1.82, 2.24) is 0 Å². The molecule has 3 rings (SSSR count). The van der Waals surface area contributed by atoms with E-state index >= 15 is 0 Å². The van der Waals surface area contributed by atoms with E-state index in [4.69, 9.17) is 4.74 Å². The molecule has 6 nitrogen and oxygen atoms in total. The van der Waals surface area contributed by atoms with Crippen molar-refractivity contribution in [2.45, 2.75) is 11.8 Å². The second-order valence-electron chi connectivity index (χ2n) is 5.93. The van der Waals surface area contributed by atoms with Gasteiger partial charge >= 0.3 is 0 Å². The van der Waals surface area contributed by atoms with Crippen molar-refractivity contribution < 1.29 is 17.9 Å². The highest BCUT2D eigenvalue weighted by Crippen LogP contribution is 2.21. The Morgan fingerprint density at radius 1 is 1.03 bits per heavy atom. The lowest BCUT2D eigenvalue weighted by molar-refractivity contribution is -0.111. The maximum Gasteiger partial charge on any atom is 0.261 e. The molecule has 0 fully saturated rings. The summed E-state index contributed by atoms with van der Waals surface area (Å²) in [5.74, 6) is 0.380. The van der Waals surface area contributed by atoms with Gasteiger partial charge in [0.05, 0.1) is 11.5 Å². The van der Waals surface area contributed by atoms with E-state index in [-0.39, 0.29) is 10.8 Å². The maximum atomic E-state index is 12.5. The summed E-state index contributed by atoms with van der Waals surface area (Å²) in [6, 6.07) is 16.5. The minimum Gasteiger partial charge on any atom is -0.494 e. The van der Waals surface area contributed by atoms with Gasteiger partial charge in [0, 0.05) is 22.3 Å². The molecule has 1 heterocycles. The number of anilines is 2.